The third-order valence-electron chi connectivity index (χ3n) is 2.59. The van der Waals surface area contributed by atoms with Gasteiger partial charge in [0.05, 0.1) is 24.8 Å². The normalized spacial score (nSPS) is 19.7. The molecular formula is C11H13ClFNO2. The maximum atomic E-state index is 13.0. The molecule has 0 radical (unpaired) electrons. The van der Waals surface area contributed by atoms with Crippen LogP contribution in [0.2, 0.25) is 5.02 Å². The van der Waals surface area contributed by atoms with Crippen molar-refractivity contribution in [2.75, 3.05) is 19.8 Å². The molecule has 16 heavy (non-hydrogen) atoms. The maximum Gasteiger partial charge on any atom is 0.207 e. The molecule has 0 aromatic heterocycles. The second-order valence-corrected chi connectivity index (χ2v) is 4.04. The zero-order chi connectivity index (χ0) is 11.6. The molecule has 5 heteroatoms. The van der Waals surface area contributed by atoms with Crippen molar-refractivity contribution in [2.24, 2.45) is 5.73 Å². The average molecular weight is 246 g/mol. The third-order valence-corrected chi connectivity index (χ3v) is 2.88. The SMILES string of the molecule is NCC1(c2ccc(F)c(Cl)c2)OCCCO1. The summed E-state index contributed by atoms with van der Waals surface area (Å²) >= 11 is 5.73. The van der Waals surface area contributed by atoms with Gasteiger partial charge in [-0.3, -0.25) is 0 Å². The fraction of sp³-hybridized carbons (Fsp3) is 0.455. The topological polar surface area (TPSA) is 44.5 Å². The molecule has 0 unspecified atom stereocenters. The zero-order valence-electron chi connectivity index (χ0n) is 8.71. The van der Waals surface area contributed by atoms with E-state index in [9.17, 15) is 4.39 Å². The van der Waals surface area contributed by atoms with E-state index in [0.717, 1.165) is 6.42 Å². The molecule has 0 atom stereocenters. The molecular weight excluding hydrogens is 233 g/mol. The monoisotopic (exact) mass is 245 g/mol. The lowest BCUT2D eigenvalue weighted by atomic mass is 10.0. The standard InChI is InChI=1S/C11H13ClFNO2/c12-9-6-8(2-3-10(9)13)11(7-14)15-4-1-5-16-11/h2-3,6H,1,4-5,7,14H2. The Morgan fingerprint density at radius 2 is 2.06 bits per heavy atom. The average Bonchev–Trinajstić information content (AvgIpc) is 2.33. The van der Waals surface area contributed by atoms with Crippen LogP contribution in [0, 0.1) is 5.82 Å². The Morgan fingerprint density at radius 3 is 2.62 bits per heavy atom. The van der Waals surface area contributed by atoms with Gasteiger partial charge in [0.1, 0.15) is 5.82 Å². The number of benzene rings is 1. The number of ether oxygens (including phenoxy) is 2. The van der Waals surface area contributed by atoms with E-state index >= 15 is 0 Å². The maximum absolute atomic E-state index is 13.0. The van der Waals surface area contributed by atoms with Crippen molar-refractivity contribution in [2.45, 2.75) is 12.2 Å². The summed E-state index contributed by atoms with van der Waals surface area (Å²) in [6.45, 7) is 1.33. The summed E-state index contributed by atoms with van der Waals surface area (Å²) in [4.78, 5) is 0. The highest BCUT2D eigenvalue weighted by Gasteiger charge is 2.35. The number of hydrogen-bond acceptors (Lipinski definition) is 3. The lowest BCUT2D eigenvalue weighted by molar-refractivity contribution is -0.269. The van der Waals surface area contributed by atoms with Gasteiger partial charge >= 0.3 is 0 Å². The highest BCUT2D eigenvalue weighted by Crippen LogP contribution is 2.31. The molecule has 1 fully saturated rings. The van der Waals surface area contributed by atoms with Gasteiger partial charge in [0.2, 0.25) is 5.79 Å². The Hall–Kier alpha value is -0.680. The minimum atomic E-state index is -0.977. The summed E-state index contributed by atoms with van der Waals surface area (Å²) < 4.78 is 24.2. The first-order valence-corrected chi connectivity index (χ1v) is 5.49. The van der Waals surface area contributed by atoms with Crippen LogP contribution in [0.1, 0.15) is 12.0 Å². The summed E-state index contributed by atoms with van der Waals surface area (Å²) in [5, 5.41) is 0.0445. The first-order valence-electron chi connectivity index (χ1n) is 5.11. The van der Waals surface area contributed by atoms with Crippen LogP contribution in [0.3, 0.4) is 0 Å². The van der Waals surface area contributed by atoms with Crippen molar-refractivity contribution in [1.82, 2.24) is 0 Å². The molecule has 0 spiro atoms. The fourth-order valence-electron chi connectivity index (χ4n) is 1.71. The summed E-state index contributed by atoms with van der Waals surface area (Å²) in [5.41, 5.74) is 6.33. The van der Waals surface area contributed by atoms with Gasteiger partial charge in [-0.2, -0.15) is 0 Å². The molecule has 3 nitrogen and oxygen atoms in total. The molecule has 1 aliphatic heterocycles. The van der Waals surface area contributed by atoms with E-state index in [0.29, 0.717) is 18.8 Å². The van der Waals surface area contributed by atoms with Crippen molar-refractivity contribution in [1.29, 1.82) is 0 Å². The van der Waals surface area contributed by atoms with Gasteiger partial charge in [-0.1, -0.05) is 17.7 Å². The van der Waals surface area contributed by atoms with Crippen molar-refractivity contribution in [3.05, 3.63) is 34.6 Å². The molecule has 0 aliphatic carbocycles. The summed E-state index contributed by atoms with van der Waals surface area (Å²) in [6.07, 6.45) is 0.830. The molecule has 88 valence electrons. The van der Waals surface area contributed by atoms with Crippen LogP contribution in [0.15, 0.2) is 18.2 Å². The Balaban J connectivity index is 2.35. The van der Waals surface area contributed by atoms with Gasteiger partial charge in [0.15, 0.2) is 0 Å². The largest absolute Gasteiger partial charge is 0.345 e. The quantitative estimate of drug-likeness (QED) is 0.867. The first kappa shape index (κ1) is 11.8. The van der Waals surface area contributed by atoms with E-state index in [1.54, 1.807) is 6.07 Å². The van der Waals surface area contributed by atoms with Crippen LogP contribution < -0.4 is 5.73 Å². The predicted molar refractivity (Wildman–Crippen MR) is 58.7 cm³/mol. The Bertz CT molecular complexity index is 380. The number of nitrogens with two attached hydrogens (primary N) is 1. The lowest BCUT2D eigenvalue weighted by Gasteiger charge is -2.36. The first-order chi connectivity index (χ1) is 7.68. The Kier molecular flexibility index (Phi) is 3.44. The van der Waals surface area contributed by atoms with Gasteiger partial charge in [0.25, 0.3) is 0 Å². The molecule has 1 heterocycles. The summed E-state index contributed by atoms with van der Waals surface area (Å²) in [6, 6.07) is 4.37. The van der Waals surface area contributed by atoms with E-state index in [-0.39, 0.29) is 11.6 Å². The molecule has 0 amide bonds. The van der Waals surface area contributed by atoms with Crippen molar-refractivity contribution in [3.63, 3.8) is 0 Å². The molecule has 1 aliphatic rings. The lowest BCUT2D eigenvalue weighted by Crippen LogP contribution is -2.44. The fourth-order valence-corrected chi connectivity index (χ4v) is 1.89. The van der Waals surface area contributed by atoms with Gasteiger partial charge in [0, 0.05) is 5.56 Å². The second-order valence-electron chi connectivity index (χ2n) is 3.64. The van der Waals surface area contributed by atoms with Crippen LogP contribution in [0.25, 0.3) is 0 Å². The summed E-state index contributed by atoms with van der Waals surface area (Å²) in [7, 11) is 0. The molecule has 1 saturated heterocycles. The molecule has 0 saturated carbocycles. The minimum Gasteiger partial charge on any atom is -0.345 e. The number of halogens is 2. The highest BCUT2D eigenvalue weighted by atomic mass is 35.5. The predicted octanol–water partition coefficient (Wildman–Crippen LogP) is 2.03. The molecule has 0 bridgehead atoms. The molecule has 1 aromatic carbocycles. The zero-order valence-corrected chi connectivity index (χ0v) is 9.47. The molecule has 2 rings (SSSR count). The van der Waals surface area contributed by atoms with Gasteiger partial charge in [-0.25, -0.2) is 4.39 Å². The highest BCUT2D eigenvalue weighted by molar-refractivity contribution is 6.30. The van der Waals surface area contributed by atoms with Crippen LogP contribution in [-0.4, -0.2) is 19.8 Å². The minimum absolute atomic E-state index is 0.0445. The summed E-state index contributed by atoms with van der Waals surface area (Å²) in [5.74, 6) is -1.44. The molecule has 1 aromatic rings. The second kappa shape index (κ2) is 4.67. The van der Waals surface area contributed by atoms with Crippen molar-refractivity contribution in [3.8, 4) is 0 Å². The van der Waals surface area contributed by atoms with E-state index < -0.39 is 11.6 Å². The van der Waals surface area contributed by atoms with Gasteiger partial charge in [-0.15, -0.1) is 0 Å². The van der Waals surface area contributed by atoms with Crippen LogP contribution in [-0.2, 0) is 15.3 Å². The van der Waals surface area contributed by atoms with Crippen molar-refractivity contribution >= 4 is 11.6 Å². The van der Waals surface area contributed by atoms with E-state index in [2.05, 4.69) is 0 Å². The Morgan fingerprint density at radius 1 is 1.38 bits per heavy atom. The van der Waals surface area contributed by atoms with Gasteiger partial charge < -0.3 is 15.2 Å². The van der Waals surface area contributed by atoms with E-state index in [1.807, 2.05) is 0 Å². The van der Waals surface area contributed by atoms with Crippen molar-refractivity contribution < 1.29 is 13.9 Å². The number of rotatable bonds is 2. The van der Waals surface area contributed by atoms with Crippen LogP contribution >= 0.6 is 11.6 Å². The van der Waals surface area contributed by atoms with E-state index in [4.69, 9.17) is 26.8 Å². The number of hydrogen-bond donors (Lipinski definition) is 1. The Labute approximate surface area is 98.3 Å². The van der Waals surface area contributed by atoms with Crippen LogP contribution in [0.5, 0.6) is 0 Å². The van der Waals surface area contributed by atoms with Crippen LogP contribution in [0.4, 0.5) is 4.39 Å². The smallest absolute Gasteiger partial charge is 0.207 e. The van der Waals surface area contributed by atoms with Gasteiger partial charge in [-0.05, 0) is 18.6 Å². The molecule has 2 N–H and O–H groups in total. The van der Waals surface area contributed by atoms with E-state index in [1.165, 1.54) is 12.1 Å². The third kappa shape index (κ3) is 2.06.